The van der Waals surface area contributed by atoms with Crippen molar-refractivity contribution in [1.82, 2.24) is 0 Å². The Kier molecular flexibility index (Phi) is 4.17. The molecule has 0 saturated heterocycles. The molecule has 1 N–H and O–H groups in total. The third-order valence-electron chi connectivity index (χ3n) is 5.88. The zero-order valence-corrected chi connectivity index (χ0v) is 17.3. The molecular formula is C24H23NO3S. The molecule has 0 amide bonds. The number of rotatable bonds is 3. The van der Waals surface area contributed by atoms with E-state index < -0.39 is 10.0 Å². The molecule has 1 aliphatic rings. The third kappa shape index (κ3) is 3.10. The SMILES string of the molecule is Cc1ccc(S(=O)(=O)Nc2cc3c4c(oc3c3ccccc23)C[C@H](C)CC4)cc1. The molecule has 0 unspecified atom stereocenters. The van der Waals surface area contributed by atoms with Crippen LogP contribution in [0.4, 0.5) is 5.69 Å². The molecule has 0 radical (unpaired) electrons. The highest BCUT2D eigenvalue weighted by Crippen LogP contribution is 2.40. The second kappa shape index (κ2) is 6.63. The molecule has 1 atom stereocenters. The average Bonchev–Trinajstić information content (AvgIpc) is 3.06. The molecule has 4 aromatic rings. The lowest BCUT2D eigenvalue weighted by molar-refractivity contribution is 0.427. The monoisotopic (exact) mass is 405 g/mol. The number of fused-ring (bicyclic) bond motifs is 5. The predicted molar refractivity (Wildman–Crippen MR) is 117 cm³/mol. The summed E-state index contributed by atoms with van der Waals surface area (Å²) in [7, 11) is -3.68. The van der Waals surface area contributed by atoms with E-state index in [2.05, 4.69) is 11.6 Å². The summed E-state index contributed by atoms with van der Waals surface area (Å²) >= 11 is 0. The maximum atomic E-state index is 13.0. The van der Waals surface area contributed by atoms with E-state index in [-0.39, 0.29) is 4.90 Å². The van der Waals surface area contributed by atoms with Gasteiger partial charge in [0.05, 0.1) is 10.6 Å². The topological polar surface area (TPSA) is 59.3 Å². The Morgan fingerprint density at radius 2 is 1.72 bits per heavy atom. The fraction of sp³-hybridized carbons (Fsp3) is 0.250. The molecule has 5 heteroatoms. The van der Waals surface area contributed by atoms with Crippen molar-refractivity contribution in [2.45, 2.75) is 38.0 Å². The van der Waals surface area contributed by atoms with E-state index in [9.17, 15) is 8.42 Å². The van der Waals surface area contributed by atoms with Gasteiger partial charge in [0, 0.05) is 28.1 Å². The van der Waals surface area contributed by atoms with Gasteiger partial charge in [-0.3, -0.25) is 4.72 Å². The van der Waals surface area contributed by atoms with Crippen LogP contribution in [0.25, 0.3) is 21.7 Å². The molecule has 0 spiro atoms. The molecule has 5 rings (SSSR count). The lowest BCUT2D eigenvalue weighted by Gasteiger charge is -2.16. The van der Waals surface area contributed by atoms with Gasteiger partial charge in [0.2, 0.25) is 0 Å². The largest absolute Gasteiger partial charge is 0.460 e. The Hall–Kier alpha value is -2.79. The molecule has 4 nitrogen and oxygen atoms in total. The quantitative estimate of drug-likeness (QED) is 0.467. The maximum absolute atomic E-state index is 13.0. The number of nitrogens with one attached hydrogen (secondary N) is 1. The van der Waals surface area contributed by atoms with Gasteiger partial charge in [-0.2, -0.15) is 0 Å². The van der Waals surface area contributed by atoms with Crippen molar-refractivity contribution in [3.05, 3.63) is 71.5 Å². The average molecular weight is 406 g/mol. The van der Waals surface area contributed by atoms with E-state index in [4.69, 9.17) is 4.42 Å². The number of furan rings is 1. The normalized spacial score (nSPS) is 16.8. The summed E-state index contributed by atoms with van der Waals surface area (Å²) in [5.41, 5.74) is 3.70. The van der Waals surface area contributed by atoms with E-state index >= 15 is 0 Å². The maximum Gasteiger partial charge on any atom is 0.261 e. The fourth-order valence-electron chi connectivity index (χ4n) is 4.27. The molecule has 3 aromatic carbocycles. The van der Waals surface area contributed by atoms with E-state index in [1.807, 2.05) is 49.4 Å². The fourth-order valence-corrected chi connectivity index (χ4v) is 5.34. The van der Waals surface area contributed by atoms with Crippen LogP contribution in [-0.4, -0.2) is 8.42 Å². The highest BCUT2D eigenvalue weighted by Gasteiger charge is 2.25. The van der Waals surface area contributed by atoms with Crippen LogP contribution < -0.4 is 4.72 Å². The summed E-state index contributed by atoms with van der Waals surface area (Å²) < 4.78 is 35.2. The third-order valence-corrected chi connectivity index (χ3v) is 7.26. The first-order valence-corrected chi connectivity index (χ1v) is 11.5. The minimum Gasteiger partial charge on any atom is -0.460 e. The smallest absolute Gasteiger partial charge is 0.261 e. The number of benzene rings is 3. The van der Waals surface area contributed by atoms with Crippen molar-refractivity contribution in [3.63, 3.8) is 0 Å². The van der Waals surface area contributed by atoms with Gasteiger partial charge in [0.25, 0.3) is 10.0 Å². The van der Waals surface area contributed by atoms with Crippen LogP contribution in [0.15, 0.2) is 63.9 Å². The Morgan fingerprint density at radius 3 is 2.48 bits per heavy atom. The molecule has 29 heavy (non-hydrogen) atoms. The standard InChI is InChI=1S/C24H23NO3S/c1-15-7-10-17(11-8-15)29(26,27)25-22-14-21-19-12-9-16(2)13-23(19)28-24(21)20-6-4-3-5-18(20)22/h3-8,10-11,14,16,25H,9,12-13H2,1-2H3/t16-/m1/s1. The van der Waals surface area contributed by atoms with E-state index in [0.717, 1.165) is 52.3 Å². The van der Waals surface area contributed by atoms with Crippen molar-refractivity contribution in [2.24, 2.45) is 5.92 Å². The van der Waals surface area contributed by atoms with Gasteiger partial charge in [0.15, 0.2) is 0 Å². The van der Waals surface area contributed by atoms with Crippen molar-refractivity contribution in [2.75, 3.05) is 4.72 Å². The molecule has 1 heterocycles. The van der Waals surface area contributed by atoms with Crippen molar-refractivity contribution in [3.8, 4) is 0 Å². The number of aryl methyl sites for hydroxylation is 2. The van der Waals surface area contributed by atoms with E-state index in [1.54, 1.807) is 12.1 Å². The summed E-state index contributed by atoms with van der Waals surface area (Å²) in [6.07, 6.45) is 3.02. The Balaban J connectivity index is 1.69. The highest BCUT2D eigenvalue weighted by atomic mass is 32.2. The summed E-state index contributed by atoms with van der Waals surface area (Å²) in [5.74, 6) is 1.65. The molecule has 0 fully saturated rings. The van der Waals surface area contributed by atoms with Gasteiger partial charge in [0.1, 0.15) is 11.3 Å². The summed E-state index contributed by atoms with van der Waals surface area (Å²) in [6.45, 7) is 4.18. The van der Waals surface area contributed by atoms with E-state index in [0.29, 0.717) is 11.6 Å². The number of anilines is 1. The molecule has 0 bridgehead atoms. The van der Waals surface area contributed by atoms with Crippen molar-refractivity contribution < 1.29 is 12.8 Å². The lowest BCUT2D eigenvalue weighted by Crippen LogP contribution is -2.13. The van der Waals surface area contributed by atoms with Crippen LogP contribution in [0.5, 0.6) is 0 Å². The zero-order valence-electron chi connectivity index (χ0n) is 16.5. The van der Waals surface area contributed by atoms with Gasteiger partial charge in [-0.15, -0.1) is 0 Å². The zero-order chi connectivity index (χ0) is 20.2. The summed E-state index contributed by atoms with van der Waals surface area (Å²) in [5, 5.41) is 2.80. The van der Waals surface area contributed by atoms with Crippen LogP contribution >= 0.6 is 0 Å². The van der Waals surface area contributed by atoms with Crippen LogP contribution in [0, 0.1) is 12.8 Å². The van der Waals surface area contributed by atoms with Crippen LogP contribution in [0.2, 0.25) is 0 Å². The van der Waals surface area contributed by atoms with Crippen LogP contribution in [0.1, 0.15) is 30.2 Å². The van der Waals surface area contributed by atoms with Gasteiger partial charge in [-0.25, -0.2) is 8.42 Å². The minimum atomic E-state index is -3.68. The Labute approximate surface area is 170 Å². The first kappa shape index (κ1) is 18.3. The van der Waals surface area contributed by atoms with Gasteiger partial charge >= 0.3 is 0 Å². The first-order valence-electron chi connectivity index (χ1n) is 9.98. The summed E-state index contributed by atoms with van der Waals surface area (Å²) in [4.78, 5) is 0.260. The molecule has 1 aromatic heterocycles. The Morgan fingerprint density at radius 1 is 1.00 bits per heavy atom. The van der Waals surface area contributed by atoms with Crippen molar-refractivity contribution >= 4 is 37.5 Å². The summed E-state index contributed by atoms with van der Waals surface area (Å²) in [6, 6.07) is 16.7. The van der Waals surface area contributed by atoms with Crippen molar-refractivity contribution in [1.29, 1.82) is 0 Å². The highest BCUT2D eigenvalue weighted by molar-refractivity contribution is 7.92. The van der Waals surface area contributed by atoms with Crippen LogP contribution in [0.3, 0.4) is 0 Å². The van der Waals surface area contributed by atoms with E-state index in [1.165, 1.54) is 5.56 Å². The molecular weight excluding hydrogens is 382 g/mol. The molecule has 1 aliphatic carbocycles. The Bertz CT molecular complexity index is 1330. The number of sulfonamides is 1. The molecule has 148 valence electrons. The number of hydrogen-bond donors (Lipinski definition) is 1. The lowest BCUT2D eigenvalue weighted by atomic mass is 9.88. The van der Waals surface area contributed by atoms with Crippen LogP contribution in [-0.2, 0) is 22.9 Å². The van der Waals surface area contributed by atoms with Gasteiger partial charge in [-0.1, -0.05) is 48.9 Å². The van der Waals surface area contributed by atoms with Gasteiger partial charge < -0.3 is 4.42 Å². The minimum absolute atomic E-state index is 0.260. The second-order valence-electron chi connectivity index (χ2n) is 8.12. The molecule has 0 saturated carbocycles. The first-order chi connectivity index (χ1) is 13.9. The van der Waals surface area contributed by atoms with Gasteiger partial charge in [-0.05, 0) is 43.9 Å². The second-order valence-corrected chi connectivity index (χ2v) is 9.80. The molecule has 0 aliphatic heterocycles. The number of hydrogen-bond acceptors (Lipinski definition) is 3. The predicted octanol–water partition coefficient (Wildman–Crippen LogP) is 5.82.